The lowest BCUT2D eigenvalue weighted by Gasteiger charge is -2.21. The normalized spacial score (nSPS) is 10.4. The molecule has 2 rings (SSSR count). The van der Waals surface area contributed by atoms with Gasteiger partial charge in [-0.25, -0.2) is 9.89 Å². The summed E-state index contributed by atoms with van der Waals surface area (Å²) in [6.07, 6.45) is 1.00. The molecule has 0 unspecified atom stereocenters. The molecule has 0 spiro atoms. The smallest absolute Gasteiger partial charge is 0.311 e. The van der Waals surface area contributed by atoms with Gasteiger partial charge < -0.3 is 4.90 Å². The van der Waals surface area contributed by atoms with E-state index in [9.17, 15) is 9.59 Å². The average Bonchev–Trinajstić information content (AvgIpc) is 2.94. The maximum atomic E-state index is 12.6. The SMILES string of the molecule is CCCn1c(SCC(=O)N(CCC#N)c2cccc(Cl)c2)n[nH]c1=O. The molecule has 0 aliphatic carbocycles. The van der Waals surface area contributed by atoms with Gasteiger partial charge in [0, 0.05) is 23.8 Å². The fraction of sp³-hybridized carbons (Fsp3) is 0.375. The van der Waals surface area contributed by atoms with Crippen LogP contribution in [0.5, 0.6) is 0 Å². The van der Waals surface area contributed by atoms with Crippen LogP contribution in [0.2, 0.25) is 5.02 Å². The number of aromatic amines is 1. The van der Waals surface area contributed by atoms with Crippen molar-refractivity contribution in [2.24, 2.45) is 0 Å². The van der Waals surface area contributed by atoms with Crippen molar-refractivity contribution in [3.63, 3.8) is 0 Å². The van der Waals surface area contributed by atoms with E-state index >= 15 is 0 Å². The van der Waals surface area contributed by atoms with Gasteiger partial charge in [0.2, 0.25) is 5.91 Å². The van der Waals surface area contributed by atoms with Crippen molar-refractivity contribution in [3.8, 4) is 6.07 Å². The number of nitrogens with one attached hydrogen (secondary N) is 1. The number of carbonyl (C=O) groups is 1. The Hall–Kier alpha value is -2.24. The molecule has 0 aliphatic heterocycles. The molecule has 2 aromatic rings. The summed E-state index contributed by atoms with van der Waals surface area (Å²) < 4.78 is 1.51. The zero-order chi connectivity index (χ0) is 18.2. The van der Waals surface area contributed by atoms with Crippen LogP contribution in [0.3, 0.4) is 0 Å². The molecule has 9 heteroatoms. The zero-order valence-electron chi connectivity index (χ0n) is 13.7. The summed E-state index contributed by atoms with van der Waals surface area (Å²) in [6, 6.07) is 8.97. The standard InChI is InChI=1S/C16H18ClN5O2S/c1-2-8-22-15(24)19-20-16(22)25-11-14(23)21(9-4-7-18)13-6-3-5-12(17)10-13/h3,5-6,10H,2,4,8-9,11H2,1H3,(H,19,24). The number of benzene rings is 1. The molecule has 0 atom stereocenters. The first-order chi connectivity index (χ1) is 12.1. The second kappa shape index (κ2) is 9.30. The van der Waals surface area contributed by atoms with Gasteiger partial charge in [-0.1, -0.05) is 36.4 Å². The number of nitriles is 1. The molecule has 1 aromatic carbocycles. The summed E-state index contributed by atoms with van der Waals surface area (Å²) >= 11 is 7.19. The van der Waals surface area contributed by atoms with Crippen molar-refractivity contribution in [1.82, 2.24) is 14.8 Å². The summed E-state index contributed by atoms with van der Waals surface area (Å²) in [5.41, 5.74) is 0.356. The van der Waals surface area contributed by atoms with Crippen LogP contribution < -0.4 is 10.6 Å². The van der Waals surface area contributed by atoms with Gasteiger partial charge in [-0.15, -0.1) is 5.10 Å². The van der Waals surface area contributed by atoms with Crippen LogP contribution in [-0.4, -0.2) is 33.0 Å². The van der Waals surface area contributed by atoms with E-state index in [1.165, 1.54) is 21.2 Å². The lowest BCUT2D eigenvalue weighted by atomic mass is 10.2. The number of anilines is 1. The van der Waals surface area contributed by atoms with E-state index in [1.54, 1.807) is 24.3 Å². The highest BCUT2D eigenvalue weighted by Crippen LogP contribution is 2.22. The lowest BCUT2D eigenvalue weighted by molar-refractivity contribution is -0.116. The van der Waals surface area contributed by atoms with Gasteiger partial charge in [0.25, 0.3) is 0 Å². The van der Waals surface area contributed by atoms with Crippen molar-refractivity contribution >= 4 is 35.0 Å². The minimum Gasteiger partial charge on any atom is -0.311 e. The molecule has 0 bridgehead atoms. The number of aromatic nitrogens is 3. The Balaban J connectivity index is 2.12. The first kappa shape index (κ1) is 19.1. The molecule has 0 aliphatic rings. The molecule has 1 N–H and O–H groups in total. The average molecular weight is 380 g/mol. The molecule has 132 valence electrons. The van der Waals surface area contributed by atoms with Crippen molar-refractivity contribution < 1.29 is 4.79 Å². The van der Waals surface area contributed by atoms with E-state index in [-0.39, 0.29) is 30.3 Å². The van der Waals surface area contributed by atoms with Gasteiger partial charge in [0.1, 0.15) is 0 Å². The number of thioether (sulfide) groups is 1. The van der Waals surface area contributed by atoms with E-state index in [0.29, 0.717) is 22.4 Å². The van der Waals surface area contributed by atoms with Crippen LogP contribution in [0.4, 0.5) is 5.69 Å². The molecule has 7 nitrogen and oxygen atoms in total. The minimum atomic E-state index is -0.284. The van der Waals surface area contributed by atoms with Gasteiger partial charge in [-0.3, -0.25) is 9.36 Å². The fourth-order valence-electron chi connectivity index (χ4n) is 2.24. The van der Waals surface area contributed by atoms with Crippen LogP contribution in [0.1, 0.15) is 19.8 Å². The molecule has 0 saturated carbocycles. The molecule has 0 saturated heterocycles. The van der Waals surface area contributed by atoms with Crippen molar-refractivity contribution in [1.29, 1.82) is 5.26 Å². The second-order valence-electron chi connectivity index (χ2n) is 5.19. The van der Waals surface area contributed by atoms with Crippen molar-refractivity contribution in [2.75, 3.05) is 17.2 Å². The fourth-order valence-corrected chi connectivity index (χ4v) is 3.28. The summed E-state index contributed by atoms with van der Waals surface area (Å²) in [7, 11) is 0. The van der Waals surface area contributed by atoms with E-state index in [4.69, 9.17) is 16.9 Å². The quantitative estimate of drug-likeness (QED) is 0.711. The summed E-state index contributed by atoms with van der Waals surface area (Å²) in [5.74, 6) is -0.0765. The monoisotopic (exact) mass is 379 g/mol. The Morgan fingerprint density at radius 3 is 3.00 bits per heavy atom. The zero-order valence-corrected chi connectivity index (χ0v) is 15.3. The Morgan fingerprint density at radius 1 is 1.52 bits per heavy atom. The Kier molecular flexibility index (Phi) is 7.10. The number of hydrogen-bond donors (Lipinski definition) is 1. The molecule has 1 heterocycles. The van der Waals surface area contributed by atoms with Crippen LogP contribution in [0.25, 0.3) is 0 Å². The largest absolute Gasteiger partial charge is 0.343 e. The van der Waals surface area contributed by atoms with Gasteiger partial charge in [0.05, 0.1) is 18.2 Å². The van der Waals surface area contributed by atoms with E-state index in [0.717, 1.165) is 6.42 Å². The maximum absolute atomic E-state index is 12.6. The van der Waals surface area contributed by atoms with Gasteiger partial charge in [-0.05, 0) is 24.6 Å². The number of halogens is 1. The number of H-pyrrole nitrogens is 1. The summed E-state index contributed by atoms with van der Waals surface area (Å²) in [6.45, 7) is 2.78. The minimum absolute atomic E-state index is 0.103. The third-order valence-corrected chi connectivity index (χ3v) is 4.56. The highest BCUT2D eigenvalue weighted by molar-refractivity contribution is 7.99. The molecular weight excluding hydrogens is 362 g/mol. The maximum Gasteiger partial charge on any atom is 0.343 e. The second-order valence-corrected chi connectivity index (χ2v) is 6.56. The molecule has 25 heavy (non-hydrogen) atoms. The Morgan fingerprint density at radius 2 is 2.32 bits per heavy atom. The first-order valence-corrected chi connectivity index (χ1v) is 9.14. The van der Waals surface area contributed by atoms with Crippen LogP contribution >= 0.6 is 23.4 Å². The molecule has 0 fully saturated rings. The summed E-state index contributed by atoms with van der Waals surface area (Å²) in [5, 5.41) is 16.2. The van der Waals surface area contributed by atoms with Gasteiger partial charge >= 0.3 is 5.69 Å². The predicted molar refractivity (Wildman–Crippen MR) is 97.9 cm³/mol. The number of amides is 1. The highest BCUT2D eigenvalue weighted by Gasteiger charge is 2.18. The Bertz CT molecular complexity index is 826. The number of hydrogen-bond acceptors (Lipinski definition) is 5. The predicted octanol–water partition coefficient (Wildman–Crippen LogP) is 2.67. The van der Waals surface area contributed by atoms with E-state index in [1.807, 2.05) is 13.0 Å². The van der Waals surface area contributed by atoms with E-state index < -0.39 is 0 Å². The third kappa shape index (κ3) is 5.11. The van der Waals surface area contributed by atoms with Crippen molar-refractivity contribution in [3.05, 3.63) is 39.8 Å². The first-order valence-electron chi connectivity index (χ1n) is 7.77. The van der Waals surface area contributed by atoms with Crippen LogP contribution in [0, 0.1) is 11.3 Å². The van der Waals surface area contributed by atoms with Gasteiger partial charge in [-0.2, -0.15) is 5.26 Å². The van der Waals surface area contributed by atoms with Crippen LogP contribution in [0.15, 0.2) is 34.2 Å². The number of rotatable bonds is 8. The number of carbonyl (C=O) groups excluding carboxylic acids is 1. The molecule has 0 radical (unpaired) electrons. The molecule has 1 amide bonds. The van der Waals surface area contributed by atoms with E-state index in [2.05, 4.69) is 10.2 Å². The van der Waals surface area contributed by atoms with Crippen molar-refractivity contribution in [2.45, 2.75) is 31.5 Å². The van der Waals surface area contributed by atoms with Crippen LogP contribution in [-0.2, 0) is 11.3 Å². The number of nitrogens with zero attached hydrogens (tertiary/aromatic N) is 4. The molecular formula is C16H18ClN5O2S. The molecule has 1 aromatic heterocycles. The topological polar surface area (TPSA) is 94.8 Å². The lowest BCUT2D eigenvalue weighted by Crippen LogP contribution is -2.33. The Labute approximate surface area is 154 Å². The van der Waals surface area contributed by atoms with Gasteiger partial charge in [0.15, 0.2) is 5.16 Å². The third-order valence-electron chi connectivity index (χ3n) is 3.36. The highest BCUT2D eigenvalue weighted by atomic mass is 35.5. The summed E-state index contributed by atoms with van der Waals surface area (Å²) in [4.78, 5) is 25.9.